The van der Waals surface area contributed by atoms with E-state index in [0.717, 1.165) is 31.4 Å². The van der Waals surface area contributed by atoms with Crippen LogP contribution in [-0.4, -0.2) is 41.0 Å². The van der Waals surface area contributed by atoms with Gasteiger partial charge in [0.15, 0.2) is 5.75 Å². The maximum atomic E-state index is 13.5. The number of hydrogen-bond donors (Lipinski definition) is 2. The lowest BCUT2D eigenvalue weighted by Gasteiger charge is -2.25. The highest BCUT2D eigenvalue weighted by Crippen LogP contribution is 2.37. The lowest BCUT2D eigenvalue weighted by Crippen LogP contribution is -2.34. The second-order valence-electron chi connectivity index (χ2n) is 9.00. The Kier molecular flexibility index (Phi) is 7.36. The summed E-state index contributed by atoms with van der Waals surface area (Å²) in [7, 11) is 1.85. The monoisotopic (exact) mass is 459 g/mol. The maximum absolute atomic E-state index is 13.5. The number of likely N-dealkylation sites (tertiary alicyclic amines) is 1. The second-order valence-corrected chi connectivity index (χ2v) is 9.00. The van der Waals surface area contributed by atoms with Crippen LogP contribution in [0.5, 0.6) is 5.75 Å². The fourth-order valence-corrected chi connectivity index (χ4v) is 4.80. The summed E-state index contributed by atoms with van der Waals surface area (Å²) in [6.07, 6.45) is 4.41. The van der Waals surface area contributed by atoms with Crippen LogP contribution < -0.4 is 10.5 Å². The number of aromatic amines is 1. The van der Waals surface area contributed by atoms with Gasteiger partial charge in [-0.25, -0.2) is 0 Å². The zero-order valence-electron chi connectivity index (χ0n) is 20.0. The average Bonchev–Trinajstić information content (AvgIpc) is 3.35. The number of para-hydroxylation sites is 1. The molecule has 0 spiro atoms. The summed E-state index contributed by atoms with van der Waals surface area (Å²) in [6, 6.07) is 19.8. The van der Waals surface area contributed by atoms with E-state index < -0.39 is 11.5 Å². The van der Waals surface area contributed by atoms with Crippen LogP contribution in [0.25, 0.3) is 0 Å². The number of benzene rings is 2. The number of carbonyl (C=O) groups excluding carboxylic acids is 1. The van der Waals surface area contributed by atoms with Gasteiger partial charge in [0.2, 0.25) is 0 Å². The van der Waals surface area contributed by atoms with Gasteiger partial charge in [-0.15, -0.1) is 0 Å². The number of nitrogens with one attached hydrogen (secondary N) is 1. The number of pyridine rings is 1. The first kappa shape index (κ1) is 23.6. The number of amides is 1. The molecule has 1 atom stereocenters. The number of hydrogen-bond acceptors (Lipinski definition) is 4. The van der Waals surface area contributed by atoms with Crippen molar-refractivity contribution in [3.63, 3.8) is 0 Å². The third-order valence-corrected chi connectivity index (χ3v) is 6.71. The molecular weight excluding hydrogens is 426 g/mol. The molecule has 1 amide bonds. The van der Waals surface area contributed by atoms with Crippen molar-refractivity contribution in [1.82, 2.24) is 9.88 Å². The van der Waals surface area contributed by atoms with Gasteiger partial charge in [0.05, 0.1) is 0 Å². The molecule has 0 radical (unpaired) electrons. The molecule has 2 aromatic carbocycles. The third kappa shape index (κ3) is 4.86. The van der Waals surface area contributed by atoms with Crippen LogP contribution in [0, 0.1) is 0 Å². The van der Waals surface area contributed by atoms with Gasteiger partial charge in [0, 0.05) is 37.4 Å². The molecule has 6 nitrogen and oxygen atoms in total. The van der Waals surface area contributed by atoms with Crippen molar-refractivity contribution in [1.29, 1.82) is 0 Å². The highest BCUT2D eigenvalue weighted by molar-refractivity contribution is 5.99. The largest absolute Gasteiger partial charge is 0.505 e. The fourth-order valence-electron chi connectivity index (χ4n) is 4.80. The molecule has 1 unspecified atom stereocenters. The highest BCUT2D eigenvalue weighted by atomic mass is 16.3. The molecule has 3 aromatic rings. The first-order chi connectivity index (χ1) is 16.5. The van der Waals surface area contributed by atoms with E-state index in [1.807, 2.05) is 60.5 Å². The number of aromatic hydroxyl groups is 1. The molecule has 0 saturated carbocycles. The smallest absolute Gasteiger partial charge is 0.264 e. The van der Waals surface area contributed by atoms with Crippen molar-refractivity contribution >= 4 is 17.3 Å². The number of rotatable bonds is 8. The number of aromatic nitrogens is 1. The molecule has 1 aromatic heterocycles. The molecule has 178 valence electrons. The van der Waals surface area contributed by atoms with Gasteiger partial charge in [-0.1, -0.05) is 68.3 Å². The summed E-state index contributed by atoms with van der Waals surface area (Å²) in [5.74, 6) is -0.430. The summed E-state index contributed by atoms with van der Waals surface area (Å²) in [5.41, 5.74) is 2.50. The molecular formula is C28H33N3O3. The van der Waals surface area contributed by atoms with E-state index in [0.29, 0.717) is 30.9 Å². The van der Waals surface area contributed by atoms with E-state index in [9.17, 15) is 14.7 Å². The number of aryl methyl sites for hydroxylation is 1. The SMILES string of the molecule is CCCCCc1[nH]c(=O)c(C(=O)N2CCC(c3ccccc3)C2)c(O)c1N(C)c1ccccc1. The molecule has 4 rings (SSSR count). The van der Waals surface area contributed by atoms with Crippen molar-refractivity contribution < 1.29 is 9.90 Å². The van der Waals surface area contributed by atoms with Crippen molar-refractivity contribution in [2.45, 2.75) is 44.9 Å². The highest BCUT2D eigenvalue weighted by Gasteiger charge is 2.33. The van der Waals surface area contributed by atoms with Crippen molar-refractivity contribution in [2.24, 2.45) is 0 Å². The van der Waals surface area contributed by atoms with E-state index in [1.54, 1.807) is 4.90 Å². The van der Waals surface area contributed by atoms with Gasteiger partial charge in [0.1, 0.15) is 11.3 Å². The Labute approximate surface area is 200 Å². The molecule has 0 aliphatic carbocycles. The molecule has 1 saturated heterocycles. The summed E-state index contributed by atoms with van der Waals surface area (Å²) in [4.78, 5) is 33.0. The van der Waals surface area contributed by atoms with Crippen LogP contribution in [0.3, 0.4) is 0 Å². The minimum Gasteiger partial charge on any atom is -0.505 e. The molecule has 2 N–H and O–H groups in total. The third-order valence-electron chi connectivity index (χ3n) is 6.71. The van der Waals surface area contributed by atoms with Crippen LogP contribution in [-0.2, 0) is 6.42 Å². The Morgan fingerprint density at radius 1 is 1.09 bits per heavy atom. The Morgan fingerprint density at radius 3 is 2.44 bits per heavy atom. The van der Waals surface area contributed by atoms with Gasteiger partial charge in [-0.05, 0) is 37.0 Å². The molecule has 34 heavy (non-hydrogen) atoms. The number of carbonyl (C=O) groups is 1. The van der Waals surface area contributed by atoms with Crippen LogP contribution in [0.1, 0.15) is 60.1 Å². The standard InChI is InChI=1S/C28H33N3O3/c1-3-4-7-16-23-25(30(2)22-14-10-6-11-15-22)26(32)24(27(33)29-23)28(34)31-18-17-21(19-31)20-12-8-5-9-13-20/h5-6,8-15,21H,3-4,7,16-19H2,1-2H3,(H2,29,32,33). The first-order valence-corrected chi connectivity index (χ1v) is 12.1. The van der Waals surface area contributed by atoms with Gasteiger partial charge in [-0.3, -0.25) is 9.59 Å². The second kappa shape index (κ2) is 10.6. The number of anilines is 2. The van der Waals surface area contributed by atoms with Gasteiger partial charge >= 0.3 is 0 Å². The molecule has 6 heteroatoms. The minimum atomic E-state index is -0.526. The van der Waals surface area contributed by atoms with E-state index >= 15 is 0 Å². The van der Waals surface area contributed by atoms with Crippen molar-refractivity contribution in [2.75, 3.05) is 25.0 Å². The molecule has 1 fully saturated rings. The van der Waals surface area contributed by atoms with Crippen LogP contribution in [0.15, 0.2) is 65.5 Å². The topological polar surface area (TPSA) is 76.6 Å². The predicted octanol–water partition coefficient (Wildman–Crippen LogP) is 5.21. The molecule has 1 aliphatic rings. The van der Waals surface area contributed by atoms with Crippen LogP contribution in [0.4, 0.5) is 11.4 Å². The van der Waals surface area contributed by atoms with E-state index in [4.69, 9.17) is 0 Å². The van der Waals surface area contributed by atoms with E-state index in [1.165, 1.54) is 5.56 Å². The number of nitrogens with zero attached hydrogens (tertiary/aromatic N) is 2. The first-order valence-electron chi connectivity index (χ1n) is 12.1. The van der Waals surface area contributed by atoms with Gasteiger partial charge in [-0.2, -0.15) is 0 Å². The Morgan fingerprint density at radius 2 is 1.76 bits per heavy atom. The fraction of sp³-hybridized carbons (Fsp3) is 0.357. The van der Waals surface area contributed by atoms with Gasteiger partial charge in [0.25, 0.3) is 11.5 Å². The zero-order chi connectivity index (χ0) is 24.1. The summed E-state index contributed by atoms with van der Waals surface area (Å²) in [5, 5.41) is 11.3. The molecule has 1 aliphatic heterocycles. The average molecular weight is 460 g/mol. The Balaban J connectivity index is 1.68. The molecule has 0 bridgehead atoms. The predicted molar refractivity (Wildman–Crippen MR) is 136 cm³/mol. The lowest BCUT2D eigenvalue weighted by atomic mass is 9.99. The number of H-pyrrole nitrogens is 1. The Hall–Kier alpha value is -3.54. The summed E-state index contributed by atoms with van der Waals surface area (Å²) in [6.45, 7) is 3.21. The number of unbranched alkanes of at least 4 members (excludes halogenated alkanes) is 2. The summed E-state index contributed by atoms with van der Waals surface area (Å²) >= 11 is 0. The lowest BCUT2D eigenvalue weighted by molar-refractivity contribution is 0.0786. The van der Waals surface area contributed by atoms with Gasteiger partial charge < -0.3 is 19.9 Å². The van der Waals surface area contributed by atoms with Crippen molar-refractivity contribution in [3.05, 3.63) is 87.8 Å². The van der Waals surface area contributed by atoms with Crippen LogP contribution >= 0.6 is 0 Å². The van der Waals surface area contributed by atoms with Crippen LogP contribution in [0.2, 0.25) is 0 Å². The van der Waals surface area contributed by atoms with E-state index in [-0.39, 0.29) is 17.2 Å². The summed E-state index contributed by atoms with van der Waals surface area (Å²) < 4.78 is 0. The van der Waals surface area contributed by atoms with Crippen molar-refractivity contribution in [3.8, 4) is 5.75 Å². The zero-order valence-corrected chi connectivity index (χ0v) is 20.0. The normalized spacial score (nSPS) is 15.5. The Bertz CT molecular complexity index is 1170. The maximum Gasteiger partial charge on any atom is 0.264 e. The minimum absolute atomic E-state index is 0.175. The van der Waals surface area contributed by atoms with E-state index in [2.05, 4.69) is 24.0 Å². The quantitative estimate of drug-likeness (QED) is 0.453. The molecule has 2 heterocycles.